The molecule has 0 aliphatic rings. The Labute approximate surface area is 140 Å². The van der Waals surface area contributed by atoms with Crippen LogP contribution in [0.5, 0.6) is 0 Å². The molecule has 1 amide bonds. The molecule has 0 aliphatic carbocycles. The monoisotopic (exact) mass is 323 g/mol. The molecule has 124 valence electrons. The molecule has 1 heterocycles. The highest BCUT2D eigenvalue weighted by atomic mass is 16.3. The molecule has 4 N–H and O–H groups in total. The summed E-state index contributed by atoms with van der Waals surface area (Å²) in [6.45, 7) is 5.81. The summed E-state index contributed by atoms with van der Waals surface area (Å²) in [6, 6.07) is 9.36. The molecular weight excluding hydrogens is 302 g/mol. The van der Waals surface area contributed by atoms with Gasteiger partial charge in [-0.1, -0.05) is 32.0 Å². The van der Waals surface area contributed by atoms with Gasteiger partial charge in [-0.2, -0.15) is 0 Å². The molecule has 3 rings (SSSR count). The van der Waals surface area contributed by atoms with Gasteiger partial charge in [0.2, 0.25) is 5.91 Å². The van der Waals surface area contributed by atoms with Crippen molar-refractivity contribution in [1.29, 1.82) is 0 Å². The molecule has 0 fully saturated rings. The molecule has 5 heteroatoms. The maximum atomic E-state index is 11.5. The topological polar surface area (TPSA) is 92.0 Å². The number of nitrogens with zero attached hydrogens (tertiary/aromatic N) is 1. The predicted octanol–water partition coefficient (Wildman–Crippen LogP) is 2.86. The lowest BCUT2D eigenvalue weighted by atomic mass is 9.80. The first-order chi connectivity index (χ1) is 11.4. The van der Waals surface area contributed by atoms with Crippen molar-refractivity contribution in [2.45, 2.75) is 26.4 Å². The fourth-order valence-corrected chi connectivity index (χ4v) is 3.25. The predicted molar refractivity (Wildman–Crippen MR) is 93.6 cm³/mol. The summed E-state index contributed by atoms with van der Waals surface area (Å²) in [5.41, 5.74) is 7.05. The Morgan fingerprint density at radius 1 is 1.29 bits per heavy atom. The second kappa shape index (κ2) is 5.76. The van der Waals surface area contributed by atoms with Crippen molar-refractivity contribution in [1.82, 2.24) is 9.97 Å². The second-order valence-corrected chi connectivity index (χ2v) is 6.42. The third-order valence-corrected chi connectivity index (χ3v) is 4.74. The van der Waals surface area contributed by atoms with Crippen LogP contribution in [0.4, 0.5) is 0 Å². The summed E-state index contributed by atoms with van der Waals surface area (Å²) < 4.78 is 0. The molecule has 1 unspecified atom stereocenters. The Bertz CT molecular complexity index is 900. The Kier molecular flexibility index (Phi) is 3.89. The van der Waals surface area contributed by atoms with E-state index in [0.29, 0.717) is 11.3 Å². The van der Waals surface area contributed by atoms with Crippen LogP contribution in [0.25, 0.3) is 10.8 Å². The van der Waals surface area contributed by atoms with Crippen molar-refractivity contribution >= 4 is 16.7 Å². The van der Waals surface area contributed by atoms with Gasteiger partial charge in [0.15, 0.2) is 0 Å². The number of nitrogens with two attached hydrogens (primary N) is 1. The van der Waals surface area contributed by atoms with Crippen LogP contribution in [-0.2, 0) is 5.60 Å². The maximum Gasteiger partial charge on any atom is 0.248 e. The number of benzene rings is 2. The first kappa shape index (κ1) is 16.2. The van der Waals surface area contributed by atoms with Crippen LogP contribution in [-0.4, -0.2) is 21.0 Å². The second-order valence-electron chi connectivity index (χ2n) is 6.42. The third-order valence-electron chi connectivity index (χ3n) is 4.74. The van der Waals surface area contributed by atoms with Crippen molar-refractivity contribution in [3.05, 3.63) is 65.2 Å². The Morgan fingerprint density at radius 3 is 2.62 bits per heavy atom. The molecule has 2 aromatic carbocycles. The standard InChI is InChI=1S/C19H21N3O2/c1-11(2)19(24,17-9-21-10-22-17)14-5-7-15-12(3)16(18(20)23)6-4-13(15)8-14/h4-11,24H,1-3H3,(H2,20,23)(H,21,22). The number of rotatable bonds is 4. The van der Waals surface area contributed by atoms with Crippen molar-refractivity contribution in [3.8, 4) is 0 Å². The van der Waals surface area contributed by atoms with Gasteiger partial charge >= 0.3 is 0 Å². The third kappa shape index (κ3) is 2.37. The van der Waals surface area contributed by atoms with Crippen molar-refractivity contribution in [2.75, 3.05) is 0 Å². The number of aryl methyl sites for hydroxylation is 1. The fourth-order valence-electron chi connectivity index (χ4n) is 3.25. The van der Waals surface area contributed by atoms with E-state index in [0.717, 1.165) is 21.9 Å². The SMILES string of the molecule is Cc1c(C(N)=O)ccc2cc(C(O)(c3cnc[nH]3)C(C)C)ccc12. The lowest BCUT2D eigenvalue weighted by Crippen LogP contribution is -2.33. The number of fused-ring (bicyclic) bond motifs is 1. The fraction of sp³-hybridized carbons (Fsp3) is 0.263. The molecule has 0 aliphatic heterocycles. The van der Waals surface area contributed by atoms with Crippen LogP contribution in [0.2, 0.25) is 0 Å². The summed E-state index contributed by atoms with van der Waals surface area (Å²) in [6.07, 6.45) is 3.21. The summed E-state index contributed by atoms with van der Waals surface area (Å²) >= 11 is 0. The summed E-state index contributed by atoms with van der Waals surface area (Å²) in [7, 11) is 0. The molecule has 5 nitrogen and oxygen atoms in total. The molecule has 0 saturated heterocycles. The normalized spacial score (nSPS) is 14.0. The van der Waals surface area contributed by atoms with E-state index in [-0.39, 0.29) is 5.92 Å². The zero-order valence-corrected chi connectivity index (χ0v) is 14.0. The summed E-state index contributed by atoms with van der Waals surface area (Å²) in [4.78, 5) is 18.6. The zero-order valence-electron chi connectivity index (χ0n) is 14.0. The van der Waals surface area contributed by atoms with Crippen molar-refractivity contribution in [2.24, 2.45) is 11.7 Å². The van der Waals surface area contributed by atoms with Gasteiger partial charge in [0.25, 0.3) is 0 Å². The Morgan fingerprint density at radius 2 is 2.04 bits per heavy atom. The van der Waals surface area contributed by atoms with Crippen molar-refractivity contribution < 1.29 is 9.90 Å². The molecular formula is C19H21N3O2. The number of nitrogens with one attached hydrogen (secondary N) is 1. The Hall–Kier alpha value is -2.66. The Balaban J connectivity index is 2.20. The maximum absolute atomic E-state index is 11.5. The highest BCUT2D eigenvalue weighted by molar-refractivity contribution is 6.00. The van der Waals surface area contributed by atoms with E-state index in [9.17, 15) is 9.90 Å². The van der Waals surface area contributed by atoms with Gasteiger partial charge in [-0.05, 0) is 46.9 Å². The number of aromatic amines is 1. The average molecular weight is 323 g/mol. The number of primary amides is 1. The molecule has 0 radical (unpaired) electrons. The van der Waals surface area contributed by atoms with Crippen LogP contribution < -0.4 is 5.73 Å². The van der Waals surface area contributed by atoms with Gasteiger partial charge < -0.3 is 15.8 Å². The lowest BCUT2D eigenvalue weighted by Gasteiger charge is -2.32. The molecule has 1 aromatic heterocycles. The molecule has 3 aromatic rings. The van der Waals surface area contributed by atoms with E-state index in [1.807, 2.05) is 45.0 Å². The number of hydrogen-bond acceptors (Lipinski definition) is 3. The minimum absolute atomic E-state index is 0.0543. The zero-order chi connectivity index (χ0) is 17.5. The minimum atomic E-state index is -1.17. The first-order valence-electron chi connectivity index (χ1n) is 7.90. The van der Waals surface area contributed by atoms with Gasteiger partial charge in [0, 0.05) is 5.56 Å². The first-order valence-corrected chi connectivity index (χ1v) is 7.90. The quantitative estimate of drug-likeness (QED) is 0.689. The lowest BCUT2D eigenvalue weighted by molar-refractivity contribution is 0.0280. The average Bonchev–Trinajstić information content (AvgIpc) is 3.08. The van der Waals surface area contributed by atoms with Crippen molar-refractivity contribution in [3.63, 3.8) is 0 Å². The number of amides is 1. The van der Waals surface area contributed by atoms with E-state index in [1.165, 1.54) is 0 Å². The smallest absolute Gasteiger partial charge is 0.248 e. The largest absolute Gasteiger partial charge is 0.379 e. The van der Waals surface area contributed by atoms with Gasteiger partial charge in [0.1, 0.15) is 5.60 Å². The number of aromatic nitrogens is 2. The number of H-pyrrole nitrogens is 1. The van der Waals surface area contributed by atoms with Crippen LogP contribution in [0, 0.1) is 12.8 Å². The van der Waals surface area contributed by atoms with Crippen LogP contribution in [0.1, 0.15) is 41.0 Å². The summed E-state index contributed by atoms with van der Waals surface area (Å²) in [5, 5.41) is 13.2. The highest BCUT2D eigenvalue weighted by Crippen LogP contribution is 2.37. The number of carbonyl (C=O) groups is 1. The number of aliphatic hydroxyl groups is 1. The van der Waals surface area contributed by atoms with Gasteiger partial charge in [-0.15, -0.1) is 0 Å². The van der Waals surface area contributed by atoms with E-state index in [2.05, 4.69) is 9.97 Å². The van der Waals surface area contributed by atoms with E-state index in [1.54, 1.807) is 18.6 Å². The van der Waals surface area contributed by atoms with E-state index >= 15 is 0 Å². The molecule has 24 heavy (non-hydrogen) atoms. The number of hydrogen-bond donors (Lipinski definition) is 3. The van der Waals surface area contributed by atoms with E-state index < -0.39 is 11.5 Å². The van der Waals surface area contributed by atoms with Gasteiger partial charge in [0.05, 0.1) is 18.2 Å². The number of imidazole rings is 1. The molecule has 0 saturated carbocycles. The van der Waals surface area contributed by atoms with Crippen LogP contribution in [0.15, 0.2) is 42.9 Å². The molecule has 1 atom stereocenters. The van der Waals surface area contributed by atoms with Crippen LogP contribution in [0.3, 0.4) is 0 Å². The molecule has 0 spiro atoms. The van der Waals surface area contributed by atoms with Gasteiger partial charge in [-0.25, -0.2) is 4.98 Å². The summed E-state index contributed by atoms with van der Waals surface area (Å²) in [5.74, 6) is -0.490. The highest BCUT2D eigenvalue weighted by Gasteiger charge is 2.36. The van der Waals surface area contributed by atoms with Crippen LogP contribution >= 0.6 is 0 Å². The van der Waals surface area contributed by atoms with E-state index in [4.69, 9.17) is 5.73 Å². The number of carbonyl (C=O) groups excluding carboxylic acids is 1. The minimum Gasteiger partial charge on any atom is -0.379 e. The van der Waals surface area contributed by atoms with Gasteiger partial charge in [-0.3, -0.25) is 4.79 Å². The molecule has 0 bridgehead atoms.